The number of carboxylic acid groups (broad SMARTS) is 3. The maximum absolute atomic E-state index is 14.3. The van der Waals surface area contributed by atoms with E-state index in [9.17, 15) is 78.6 Å². The van der Waals surface area contributed by atoms with Gasteiger partial charge in [-0.3, -0.25) is 43.2 Å². The first-order valence-corrected chi connectivity index (χ1v) is 23.9. The van der Waals surface area contributed by atoms with E-state index in [-0.39, 0.29) is 68.9 Å². The summed E-state index contributed by atoms with van der Waals surface area (Å²) >= 11 is 0. The first kappa shape index (κ1) is 56.6. The van der Waals surface area contributed by atoms with Gasteiger partial charge in [0.05, 0.1) is 18.9 Å². The van der Waals surface area contributed by atoms with Gasteiger partial charge in [-0.25, -0.2) is 4.79 Å². The van der Waals surface area contributed by atoms with Crippen LogP contribution >= 0.6 is 0 Å². The third kappa shape index (κ3) is 15.9. The number of nitrogens with one attached hydrogen (secondary N) is 5. The molecule has 2 aliphatic rings. The number of carbonyl (C=O) groups is 10. The number of nitrogens with two attached hydrogens (primary N) is 1. The zero-order valence-corrected chi connectivity index (χ0v) is 40.6. The molecule has 0 saturated carbocycles. The molecule has 0 bridgehead atoms. The van der Waals surface area contributed by atoms with E-state index in [0.717, 1.165) is 4.90 Å². The van der Waals surface area contributed by atoms with Crippen LogP contribution in [0, 0.1) is 5.92 Å². The Labute approximate surface area is 424 Å². The van der Waals surface area contributed by atoms with Crippen molar-refractivity contribution in [2.24, 2.45) is 11.7 Å². The molecule has 7 amide bonds. The molecule has 3 aromatic carbocycles. The van der Waals surface area contributed by atoms with E-state index in [0.29, 0.717) is 23.1 Å². The average molecular weight is 1030 g/mol. The number of aromatic hydroxyl groups is 3. The van der Waals surface area contributed by atoms with Gasteiger partial charge in [-0.15, -0.1) is 0 Å². The van der Waals surface area contributed by atoms with Crippen molar-refractivity contribution in [1.29, 1.82) is 0 Å². The zero-order chi connectivity index (χ0) is 54.4. The number of phenols is 3. The van der Waals surface area contributed by atoms with Crippen LogP contribution in [0.2, 0.25) is 0 Å². The number of amides is 7. The molecule has 24 heteroatoms. The van der Waals surface area contributed by atoms with Gasteiger partial charge < -0.3 is 72.8 Å². The number of hydrogen-bond acceptors (Lipinski definition) is 14. The van der Waals surface area contributed by atoms with Gasteiger partial charge >= 0.3 is 17.9 Å². The summed E-state index contributed by atoms with van der Waals surface area (Å²) in [4.78, 5) is 136. The molecule has 74 heavy (non-hydrogen) atoms. The van der Waals surface area contributed by atoms with Gasteiger partial charge in [-0.2, -0.15) is 0 Å². The standard InChI is InChI=1S/C50H62N8O16/c1-26(2)42(49(72)58-20-4-6-39(58)47(70)54-35(24-40(62)63)44(67)55-37(50(73)74)23-29-11-17-32(61)18-12-29)56-45(68)36(25-41(64)65)52-43(66)34(22-28-9-15-31(60)16-10-28)53-46(69)38-5-3-19-57(38)48(71)33(51)21-27-7-13-30(59)14-8-27/h7-18,26,33-39,42,59-61H,3-6,19-25,51H2,1-2H3,(H,52,66)(H,53,69)(H,54,70)(H,55,67)(H,56,68)(H,62,63)(H,64,65)(H,73,74)/t33-,34-,35-,36-,37-,38-,39-,42-/m0/s1. The molecule has 0 spiro atoms. The number of benzene rings is 3. The summed E-state index contributed by atoms with van der Waals surface area (Å²) in [5.74, 6) is -11.8. The predicted octanol–water partition coefficient (Wildman–Crippen LogP) is -0.745. The Morgan fingerprint density at radius 3 is 1.31 bits per heavy atom. The van der Waals surface area contributed by atoms with E-state index in [2.05, 4.69) is 26.6 Å². The van der Waals surface area contributed by atoms with Crippen molar-refractivity contribution in [3.05, 3.63) is 89.5 Å². The van der Waals surface area contributed by atoms with Gasteiger partial charge in [0, 0.05) is 25.9 Å². The van der Waals surface area contributed by atoms with Crippen molar-refractivity contribution >= 4 is 59.3 Å². The molecule has 2 saturated heterocycles. The van der Waals surface area contributed by atoms with Gasteiger partial charge in [0.2, 0.25) is 41.4 Å². The van der Waals surface area contributed by atoms with Crippen LogP contribution in [0.4, 0.5) is 0 Å². The molecule has 5 rings (SSSR count). The second kappa shape index (κ2) is 25.9. The molecular weight excluding hydrogens is 969 g/mol. The summed E-state index contributed by atoms with van der Waals surface area (Å²) in [6.07, 6.45) is -1.47. The van der Waals surface area contributed by atoms with E-state index < -0.39 is 126 Å². The maximum Gasteiger partial charge on any atom is 0.326 e. The molecule has 0 radical (unpaired) electrons. The SMILES string of the molecule is CC(C)[C@H](NC(=O)[C@H](CC(=O)O)NC(=O)[C@H](Cc1ccc(O)cc1)NC(=O)[C@@H]1CCCN1C(=O)[C@@H](N)Cc1ccc(O)cc1)C(=O)N1CCC[C@H]1C(=O)N[C@@H](CC(=O)O)C(=O)N[C@@H](Cc1ccc(O)cc1)C(=O)O. The zero-order valence-electron chi connectivity index (χ0n) is 40.6. The van der Waals surface area contributed by atoms with Crippen LogP contribution in [-0.4, -0.2) is 161 Å². The topological polar surface area (TPSA) is 385 Å². The van der Waals surface area contributed by atoms with Crippen molar-refractivity contribution in [3.63, 3.8) is 0 Å². The Balaban J connectivity index is 1.29. The fraction of sp³-hybridized carbons (Fsp3) is 0.440. The lowest BCUT2D eigenvalue weighted by atomic mass is 10.0. The monoisotopic (exact) mass is 1030 g/mol. The lowest BCUT2D eigenvalue weighted by molar-refractivity contribution is -0.146. The number of aliphatic carboxylic acids is 3. The van der Waals surface area contributed by atoms with Gasteiger partial charge in [-0.1, -0.05) is 50.2 Å². The maximum atomic E-state index is 14.3. The summed E-state index contributed by atoms with van der Waals surface area (Å²) in [5, 5.41) is 70.5. The Morgan fingerprint density at radius 2 is 0.878 bits per heavy atom. The third-order valence-corrected chi connectivity index (χ3v) is 12.6. The van der Waals surface area contributed by atoms with Crippen LogP contribution in [0.5, 0.6) is 17.2 Å². The first-order valence-electron chi connectivity index (χ1n) is 23.9. The minimum atomic E-state index is -1.85. The first-order chi connectivity index (χ1) is 35.0. The van der Waals surface area contributed by atoms with Gasteiger partial charge in [0.25, 0.3) is 0 Å². The summed E-state index contributed by atoms with van der Waals surface area (Å²) in [6.45, 7) is 3.23. The highest BCUT2D eigenvalue weighted by Gasteiger charge is 2.42. The normalized spacial score (nSPS) is 17.7. The van der Waals surface area contributed by atoms with Crippen LogP contribution in [-0.2, 0) is 67.2 Å². The average Bonchev–Trinajstić information content (AvgIpc) is 4.05. The largest absolute Gasteiger partial charge is 0.508 e. The second-order valence-corrected chi connectivity index (χ2v) is 18.6. The molecule has 8 atom stereocenters. The minimum absolute atomic E-state index is 0.0233. The third-order valence-electron chi connectivity index (χ3n) is 12.6. The highest BCUT2D eigenvalue weighted by atomic mass is 16.4. The van der Waals surface area contributed by atoms with E-state index in [4.69, 9.17) is 5.73 Å². The van der Waals surface area contributed by atoms with Gasteiger partial charge in [-0.05, 0) is 91.1 Å². The smallest absolute Gasteiger partial charge is 0.326 e. The summed E-state index contributed by atoms with van der Waals surface area (Å²) in [7, 11) is 0. The molecule has 398 valence electrons. The Bertz CT molecular complexity index is 2540. The molecular formula is C50H62N8O16. The number of nitrogens with zero attached hydrogens (tertiary/aromatic N) is 2. The molecule has 2 fully saturated rings. The van der Waals surface area contributed by atoms with Crippen LogP contribution in [0.3, 0.4) is 0 Å². The highest BCUT2D eigenvalue weighted by Crippen LogP contribution is 2.23. The highest BCUT2D eigenvalue weighted by molar-refractivity contribution is 5.99. The van der Waals surface area contributed by atoms with Gasteiger partial charge in [0.1, 0.15) is 59.5 Å². The summed E-state index contributed by atoms with van der Waals surface area (Å²) in [5.41, 5.74) is 7.77. The van der Waals surface area contributed by atoms with Crippen LogP contribution < -0.4 is 32.3 Å². The number of rotatable bonds is 24. The van der Waals surface area contributed by atoms with Crippen molar-refractivity contribution in [3.8, 4) is 17.2 Å². The van der Waals surface area contributed by atoms with Crippen molar-refractivity contribution < 1.29 is 78.6 Å². The molecule has 24 nitrogen and oxygen atoms in total. The number of carboxylic acids is 3. The molecule has 2 aliphatic heterocycles. The molecule has 2 heterocycles. The summed E-state index contributed by atoms with van der Waals surface area (Å²) in [6, 6.07) is 5.55. The van der Waals surface area contributed by atoms with Gasteiger partial charge in [0.15, 0.2) is 0 Å². The fourth-order valence-corrected chi connectivity index (χ4v) is 8.73. The lowest BCUT2D eigenvalue weighted by Crippen LogP contribution is -2.61. The number of carbonyl (C=O) groups excluding carboxylic acids is 7. The Kier molecular flexibility index (Phi) is 19.8. The Morgan fingerprint density at radius 1 is 0.514 bits per heavy atom. The fourth-order valence-electron chi connectivity index (χ4n) is 8.73. The number of phenolic OH excluding ortho intramolecular Hbond substituents is 3. The van der Waals surface area contributed by atoms with E-state index >= 15 is 0 Å². The van der Waals surface area contributed by atoms with E-state index in [1.165, 1.54) is 65.6 Å². The van der Waals surface area contributed by atoms with Crippen molar-refractivity contribution in [2.45, 2.75) is 120 Å². The summed E-state index contributed by atoms with van der Waals surface area (Å²) < 4.78 is 0. The molecule has 0 aliphatic carbocycles. The molecule has 0 unspecified atom stereocenters. The number of likely N-dealkylation sites (tertiary alicyclic amines) is 2. The van der Waals surface area contributed by atoms with E-state index in [1.807, 2.05) is 0 Å². The van der Waals surface area contributed by atoms with Crippen LogP contribution in [0.25, 0.3) is 0 Å². The van der Waals surface area contributed by atoms with Crippen molar-refractivity contribution in [2.75, 3.05) is 13.1 Å². The molecule has 3 aromatic rings. The quantitative estimate of drug-likeness (QED) is 0.0525. The predicted molar refractivity (Wildman–Crippen MR) is 260 cm³/mol. The van der Waals surface area contributed by atoms with Crippen LogP contribution in [0.1, 0.15) is 69.1 Å². The number of hydrogen-bond donors (Lipinski definition) is 12. The second-order valence-electron chi connectivity index (χ2n) is 18.6. The van der Waals surface area contributed by atoms with E-state index in [1.54, 1.807) is 26.0 Å². The molecule has 0 aromatic heterocycles. The minimum Gasteiger partial charge on any atom is -0.508 e. The van der Waals surface area contributed by atoms with Crippen molar-refractivity contribution in [1.82, 2.24) is 36.4 Å². The lowest BCUT2D eigenvalue weighted by Gasteiger charge is -2.32. The molecule has 13 N–H and O–H groups in total. The Hall–Kier alpha value is -8.28. The van der Waals surface area contributed by atoms with Crippen LogP contribution in [0.15, 0.2) is 72.8 Å².